The van der Waals surface area contributed by atoms with Crippen molar-refractivity contribution in [2.75, 3.05) is 20.2 Å². The van der Waals surface area contributed by atoms with Crippen LogP contribution in [0.25, 0.3) is 0 Å². The van der Waals surface area contributed by atoms with Crippen LogP contribution < -0.4 is 15.4 Å². The van der Waals surface area contributed by atoms with Crippen molar-refractivity contribution in [1.82, 2.24) is 15.5 Å². The van der Waals surface area contributed by atoms with E-state index in [4.69, 9.17) is 9.84 Å². The number of aldehydes is 1. The Labute approximate surface area is 185 Å². The molecule has 1 saturated heterocycles. The molecule has 11 heteroatoms. The summed E-state index contributed by atoms with van der Waals surface area (Å²) in [6.45, 7) is 2.58. The third kappa shape index (κ3) is 7.82. The number of carbonyl (C=O) groups excluding carboxylic acids is 5. The van der Waals surface area contributed by atoms with Crippen LogP contribution in [0.5, 0.6) is 5.75 Å². The fourth-order valence-corrected chi connectivity index (χ4v) is 2.92. The minimum absolute atomic E-state index is 0.112. The Morgan fingerprint density at radius 2 is 2.03 bits per heavy atom. The Hall–Kier alpha value is -3.76. The maximum Gasteiger partial charge on any atom is 0.303 e. The lowest BCUT2D eigenvalue weighted by molar-refractivity contribution is -0.138. The van der Waals surface area contributed by atoms with Gasteiger partial charge in [0.1, 0.15) is 11.8 Å². The number of hydrogen-bond donors (Lipinski definition) is 3. The first-order chi connectivity index (χ1) is 15.3. The summed E-state index contributed by atoms with van der Waals surface area (Å²) in [5.74, 6) is -1.83. The topological polar surface area (TPSA) is 159 Å². The van der Waals surface area contributed by atoms with Crippen LogP contribution in [0, 0.1) is 0 Å². The van der Waals surface area contributed by atoms with Gasteiger partial charge in [0.25, 0.3) is 5.91 Å². The first kappa shape index (κ1) is 26.3. The highest BCUT2D eigenvalue weighted by atomic mass is 16.5. The summed E-state index contributed by atoms with van der Waals surface area (Å²) in [5.41, 5.74) is 0.316. The number of piperidine rings is 1. The minimum Gasteiger partial charge on any atom is -0.493 e. The number of nitrogens with zero attached hydrogens (tertiary/aromatic N) is 1. The van der Waals surface area contributed by atoms with Gasteiger partial charge in [-0.3, -0.25) is 34.1 Å². The predicted octanol–water partition coefficient (Wildman–Crippen LogP) is 0.372. The van der Waals surface area contributed by atoms with Crippen molar-refractivity contribution in [3.8, 4) is 5.75 Å². The zero-order valence-electron chi connectivity index (χ0n) is 18.0. The first-order valence-electron chi connectivity index (χ1n) is 9.97. The van der Waals surface area contributed by atoms with E-state index in [0.717, 1.165) is 0 Å². The van der Waals surface area contributed by atoms with E-state index < -0.39 is 23.8 Å². The lowest BCUT2D eigenvalue weighted by atomic mass is 10.0. The van der Waals surface area contributed by atoms with Crippen LogP contribution in [0.1, 0.15) is 53.3 Å². The van der Waals surface area contributed by atoms with E-state index in [0.29, 0.717) is 38.0 Å². The molecule has 32 heavy (non-hydrogen) atoms. The molecule has 1 aromatic carbocycles. The van der Waals surface area contributed by atoms with E-state index in [2.05, 4.69) is 10.6 Å². The Bertz CT molecular complexity index is 855. The molecule has 2 rings (SSSR count). The zero-order valence-corrected chi connectivity index (χ0v) is 18.0. The van der Waals surface area contributed by atoms with Crippen molar-refractivity contribution in [3.05, 3.63) is 29.3 Å². The molecule has 1 aliphatic heterocycles. The maximum absolute atomic E-state index is 12.7. The summed E-state index contributed by atoms with van der Waals surface area (Å²) in [4.78, 5) is 67.8. The van der Waals surface area contributed by atoms with Gasteiger partial charge in [0, 0.05) is 26.4 Å². The van der Waals surface area contributed by atoms with Crippen LogP contribution in [0.3, 0.4) is 0 Å². The molecule has 0 aliphatic carbocycles. The molecular weight excluding hydrogens is 422 g/mol. The van der Waals surface area contributed by atoms with Gasteiger partial charge >= 0.3 is 5.97 Å². The van der Waals surface area contributed by atoms with Crippen LogP contribution in [-0.2, 0) is 19.2 Å². The number of carbonyl (C=O) groups is 6. The third-order valence-corrected chi connectivity index (χ3v) is 4.51. The second kappa shape index (κ2) is 13.5. The molecule has 0 spiro atoms. The van der Waals surface area contributed by atoms with E-state index >= 15 is 0 Å². The Balaban J connectivity index is 0.000000482. The van der Waals surface area contributed by atoms with Gasteiger partial charge in [-0.1, -0.05) is 6.07 Å². The highest BCUT2D eigenvalue weighted by Crippen LogP contribution is 2.23. The molecule has 1 aromatic rings. The third-order valence-electron chi connectivity index (χ3n) is 4.51. The van der Waals surface area contributed by atoms with Crippen molar-refractivity contribution < 1.29 is 38.6 Å². The van der Waals surface area contributed by atoms with Crippen LogP contribution >= 0.6 is 0 Å². The highest BCUT2D eigenvalue weighted by Gasteiger charge is 2.33. The second-order valence-corrected chi connectivity index (χ2v) is 6.72. The molecule has 0 bridgehead atoms. The Morgan fingerprint density at radius 1 is 1.31 bits per heavy atom. The van der Waals surface area contributed by atoms with Gasteiger partial charge < -0.3 is 20.1 Å². The molecule has 0 saturated carbocycles. The van der Waals surface area contributed by atoms with Gasteiger partial charge in [-0.2, -0.15) is 0 Å². The van der Waals surface area contributed by atoms with Crippen molar-refractivity contribution >= 4 is 36.4 Å². The first-order valence-corrected chi connectivity index (χ1v) is 9.97. The average Bonchev–Trinajstić information content (AvgIpc) is 2.76. The number of hydrogen-bond acceptors (Lipinski definition) is 7. The number of amides is 4. The second-order valence-electron chi connectivity index (χ2n) is 6.72. The summed E-state index contributed by atoms with van der Waals surface area (Å²) in [6, 6.07) is 3.99. The summed E-state index contributed by atoms with van der Waals surface area (Å²) in [5, 5.41) is 12.7. The Kier molecular flexibility index (Phi) is 11.1. The van der Waals surface area contributed by atoms with Crippen molar-refractivity contribution in [2.45, 2.75) is 38.6 Å². The van der Waals surface area contributed by atoms with Crippen LogP contribution in [-0.4, -0.2) is 72.6 Å². The van der Waals surface area contributed by atoms with E-state index in [1.165, 1.54) is 18.0 Å². The van der Waals surface area contributed by atoms with Crippen molar-refractivity contribution in [3.63, 3.8) is 0 Å². The van der Waals surface area contributed by atoms with Crippen molar-refractivity contribution in [2.24, 2.45) is 0 Å². The molecule has 4 amide bonds. The number of aliphatic carboxylic acids is 1. The molecule has 174 valence electrons. The fraction of sp³-hybridized carbons (Fsp3) is 0.429. The maximum atomic E-state index is 12.7. The van der Waals surface area contributed by atoms with Gasteiger partial charge in [-0.15, -0.1) is 0 Å². The molecule has 1 atom stereocenters. The van der Waals surface area contributed by atoms with E-state index in [9.17, 15) is 28.8 Å². The number of nitrogens with one attached hydrogen (secondary N) is 2. The van der Waals surface area contributed by atoms with E-state index in [1.54, 1.807) is 19.1 Å². The Morgan fingerprint density at radius 3 is 2.59 bits per heavy atom. The molecule has 0 radical (unpaired) electrons. The standard InChI is InChI=1S/C16H18N2O5.C5H9NO3/c1-3-23-13-6-4-5-10(11(13)9-19)16(22)18(2)12-7-8-14(20)17-15(12)21;7-4-6-3-1-2-5(8)9/h4-6,9,12H,3,7-8H2,1-2H3,(H,17,20,21);4H,1-3H2,(H,6,7)(H,8,9). The van der Waals surface area contributed by atoms with E-state index in [1.807, 2.05) is 0 Å². The number of benzene rings is 1. The monoisotopic (exact) mass is 449 g/mol. The number of carboxylic acid groups (broad SMARTS) is 1. The summed E-state index contributed by atoms with van der Waals surface area (Å²) in [7, 11) is 1.48. The molecule has 11 nitrogen and oxygen atoms in total. The molecule has 1 aliphatic rings. The zero-order chi connectivity index (χ0) is 24.1. The summed E-state index contributed by atoms with van der Waals surface area (Å²) < 4.78 is 5.35. The molecule has 3 N–H and O–H groups in total. The van der Waals surface area contributed by atoms with Crippen LogP contribution in [0.4, 0.5) is 0 Å². The summed E-state index contributed by atoms with van der Waals surface area (Å²) >= 11 is 0. The van der Waals surface area contributed by atoms with E-state index in [-0.39, 0.29) is 36.3 Å². The van der Waals surface area contributed by atoms with Gasteiger partial charge in [0.15, 0.2) is 6.29 Å². The van der Waals surface area contributed by atoms with Gasteiger partial charge in [0.2, 0.25) is 18.2 Å². The quantitative estimate of drug-likeness (QED) is 0.262. The molecule has 0 aromatic heterocycles. The lowest BCUT2D eigenvalue weighted by Gasteiger charge is -2.30. The summed E-state index contributed by atoms with van der Waals surface area (Å²) in [6.07, 6.45) is 2.16. The molecular formula is C21H27N3O8. The highest BCUT2D eigenvalue weighted by molar-refractivity contribution is 6.06. The predicted molar refractivity (Wildman–Crippen MR) is 112 cm³/mol. The SMILES string of the molecule is CCOc1cccc(C(=O)N(C)C2CCC(=O)NC2=O)c1C=O.O=CNCCCC(=O)O. The number of likely N-dealkylation sites (N-methyl/N-ethyl adjacent to an activating group) is 1. The normalized spacial score (nSPS) is 14.9. The molecule has 1 fully saturated rings. The smallest absolute Gasteiger partial charge is 0.303 e. The van der Waals surface area contributed by atoms with Gasteiger partial charge in [-0.25, -0.2) is 0 Å². The van der Waals surface area contributed by atoms with Gasteiger partial charge in [0.05, 0.1) is 17.7 Å². The number of rotatable bonds is 10. The number of imide groups is 1. The van der Waals surface area contributed by atoms with Crippen LogP contribution in [0.2, 0.25) is 0 Å². The van der Waals surface area contributed by atoms with Crippen LogP contribution in [0.15, 0.2) is 18.2 Å². The minimum atomic E-state index is -0.831. The average molecular weight is 449 g/mol. The van der Waals surface area contributed by atoms with Gasteiger partial charge in [-0.05, 0) is 31.9 Å². The largest absolute Gasteiger partial charge is 0.493 e. The number of carboxylic acids is 1. The molecule has 1 unspecified atom stereocenters. The number of ether oxygens (including phenoxy) is 1. The van der Waals surface area contributed by atoms with Crippen molar-refractivity contribution in [1.29, 1.82) is 0 Å². The molecule has 1 heterocycles. The lowest BCUT2D eigenvalue weighted by Crippen LogP contribution is -2.53. The fourth-order valence-electron chi connectivity index (χ4n) is 2.92.